The number of rotatable bonds is 16. The Hall–Kier alpha value is -8.30. The molecule has 8 rings (SSSR count). The van der Waals surface area contributed by atoms with E-state index in [1.165, 1.54) is 48.5 Å². The van der Waals surface area contributed by atoms with Crippen LogP contribution in [0, 0.1) is 0 Å². The van der Waals surface area contributed by atoms with Crippen LogP contribution in [0.1, 0.15) is 20.7 Å². The van der Waals surface area contributed by atoms with Gasteiger partial charge in [0.05, 0.1) is 25.3 Å². The number of esters is 2. The fourth-order valence-electron chi connectivity index (χ4n) is 7.81. The predicted octanol–water partition coefficient (Wildman–Crippen LogP) is 8.26. The van der Waals surface area contributed by atoms with Gasteiger partial charge in [-0.25, -0.2) is 19.2 Å². The maximum atomic E-state index is 15.8. The first-order valence-electron chi connectivity index (χ1n) is 21.7. The lowest BCUT2D eigenvalue weighted by molar-refractivity contribution is -0.166. The molecule has 0 amide bonds. The first-order valence-corrected chi connectivity index (χ1v) is 25.1. The average molecular weight is 973 g/mol. The molecule has 8 aromatic rings. The zero-order valence-electron chi connectivity index (χ0n) is 37.8. The summed E-state index contributed by atoms with van der Waals surface area (Å²) in [5, 5.41) is 22.4. The summed E-state index contributed by atoms with van der Waals surface area (Å²) < 4.78 is 53.2. The fourth-order valence-corrected chi connectivity index (χ4v) is 13.6. The summed E-state index contributed by atoms with van der Waals surface area (Å²) in [5.74, 6) is -4.62. The molecule has 0 unspecified atom stereocenters. The van der Waals surface area contributed by atoms with E-state index >= 15 is 9.13 Å². The molecular weight excluding hydrogens is 927 g/mol. The number of carboxylic acid groups (broad SMARTS) is 2. The molecule has 0 heterocycles. The van der Waals surface area contributed by atoms with Crippen molar-refractivity contribution < 1.29 is 57.5 Å². The third kappa shape index (κ3) is 10.5. The fraction of sp³-hybridized carbons (Fsp3) is 0.0714. The first-order chi connectivity index (χ1) is 33.9. The van der Waals surface area contributed by atoms with Crippen LogP contribution >= 0.6 is 14.3 Å². The van der Waals surface area contributed by atoms with Crippen molar-refractivity contribution >= 4 is 70.0 Å². The largest absolute Gasteiger partial charge is 0.496 e. The summed E-state index contributed by atoms with van der Waals surface area (Å²) in [5.41, 5.74) is 1.23. The van der Waals surface area contributed by atoms with Gasteiger partial charge in [-0.05, 0) is 48.5 Å². The average Bonchev–Trinajstić information content (AvgIpc) is 3.42. The molecule has 0 saturated carbocycles. The Kier molecular flexibility index (Phi) is 16.1. The van der Waals surface area contributed by atoms with E-state index in [1.807, 2.05) is 158 Å². The molecule has 0 spiro atoms. The first kappa shape index (κ1) is 49.6. The number of aliphatic carboxylic acids is 2. The molecule has 70 heavy (non-hydrogen) atoms. The topological polar surface area (TPSA) is 180 Å². The molecule has 352 valence electrons. The number of methoxy groups -OCH3 is 2. The van der Waals surface area contributed by atoms with E-state index in [-0.39, 0.29) is 11.1 Å². The summed E-state index contributed by atoms with van der Waals surface area (Å²) in [6.45, 7) is 0. The van der Waals surface area contributed by atoms with E-state index in [9.17, 15) is 29.4 Å². The maximum Gasteiger partial charge on any atom is 0.349 e. The van der Waals surface area contributed by atoms with Crippen LogP contribution in [-0.4, -0.2) is 60.5 Å². The molecule has 8 aromatic carbocycles. The zero-order chi connectivity index (χ0) is 49.7. The Morgan fingerprint density at radius 1 is 0.371 bits per heavy atom. The van der Waals surface area contributed by atoms with Gasteiger partial charge in [-0.1, -0.05) is 170 Å². The van der Waals surface area contributed by atoms with Gasteiger partial charge < -0.3 is 38.3 Å². The summed E-state index contributed by atoms with van der Waals surface area (Å²) >= 11 is 0. The Morgan fingerprint density at radius 3 is 0.871 bits per heavy atom. The van der Waals surface area contributed by atoms with Gasteiger partial charge in [0.2, 0.25) is 12.2 Å². The molecule has 0 radical (unpaired) electrons. The van der Waals surface area contributed by atoms with Gasteiger partial charge in [-0.15, -0.1) is 0 Å². The molecule has 2 N–H and O–H groups in total. The SMILES string of the molecule is COc1cccc(P(=O)(c2ccccc2)c2ccccc2)c1-c1c(OC)cccc1P(=O)(c1ccccc1)c1ccccc1.O=C(O[C@H](C(=O)O)[C@H](OC(=O)c1ccccc1)C(=O)O)c1ccccc1. The molecule has 0 saturated heterocycles. The highest BCUT2D eigenvalue weighted by atomic mass is 31.2. The van der Waals surface area contributed by atoms with Crippen LogP contribution < -0.4 is 41.3 Å². The number of hydrogen-bond acceptors (Lipinski definition) is 10. The number of carbonyl (C=O) groups excluding carboxylic acids is 2. The zero-order valence-corrected chi connectivity index (χ0v) is 39.6. The second-order valence-electron chi connectivity index (χ2n) is 15.3. The number of carboxylic acids is 2. The Balaban J connectivity index is 0.000000237. The quantitative estimate of drug-likeness (QED) is 0.0701. The molecule has 0 fully saturated rings. The standard InChI is InChI=1S/C38H32O4P2.C18H14O8/c1-41-33-25-15-27-35(43(39,29-17-7-3-8-18-29)30-19-9-4-10-20-30)37(33)38-34(42-2)26-16-28-36(38)44(40,31-21-11-5-12-22-31)32-23-13-6-14-24-32;19-15(20)13(25-17(23)11-7-3-1-4-8-11)14(16(21)22)26-18(24)12-9-5-2-6-10-12/h3-28H,1-2H3;1-10,13-14H,(H,19,20)(H,21,22)/t;13-,14-/m.0/s1. The van der Waals surface area contributed by atoms with Crippen molar-refractivity contribution in [3.05, 3.63) is 230 Å². The van der Waals surface area contributed by atoms with E-state index in [4.69, 9.17) is 18.9 Å². The Labute approximate surface area is 404 Å². The smallest absolute Gasteiger partial charge is 0.349 e. The predicted molar refractivity (Wildman–Crippen MR) is 270 cm³/mol. The third-order valence-electron chi connectivity index (χ3n) is 11.1. The van der Waals surface area contributed by atoms with Crippen molar-refractivity contribution in [1.82, 2.24) is 0 Å². The van der Waals surface area contributed by atoms with Crippen LogP contribution in [0.15, 0.2) is 218 Å². The highest BCUT2D eigenvalue weighted by molar-refractivity contribution is 7.86. The highest BCUT2D eigenvalue weighted by Crippen LogP contribution is 2.52. The summed E-state index contributed by atoms with van der Waals surface area (Å²) in [6.07, 6.45) is -4.43. The van der Waals surface area contributed by atoms with E-state index in [1.54, 1.807) is 26.4 Å². The van der Waals surface area contributed by atoms with E-state index < -0.39 is 50.4 Å². The molecule has 14 heteroatoms. The molecule has 0 bridgehead atoms. The second kappa shape index (κ2) is 22.7. The summed E-state index contributed by atoms with van der Waals surface area (Å²) in [4.78, 5) is 46.8. The van der Waals surface area contributed by atoms with Crippen molar-refractivity contribution in [2.24, 2.45) is 0 Å². The number of carbonyl (C=O) groups is 4. The third-order valence-corrected chi connectivity index (χ3v) is 17.3. The van der Waals surface area contributed by atoms with Crippen molar-refractivity contribution in [2.45, 2.75) is 12.2 Å². The number of hydrogen-bond donors (Lipinski definition) is 2. The monoisotopic (exact) mass is 972 g/mol. The van der Waals surface area contributed by atoms with E-state index in [0.717, 1.165) is 0 Å². The molecule has 0 aliphatic carbocycles. The maximum absolute atomic E-state index is 15.8. The van der Waals surface area contributed by atoms with Crippen molar-refractivity contribution in [1.29, 1.82) is 0 Å². The van der Waals surface area contributed by atoms with Crippen LogP contribution in [0.2, 0.25) is 0 Å². The van der Waals surface area contributed by atoms with Crippen LogP contribution in [0.3, 0.4) is 0 Å². The van der Waals surface area contributed by atoms with E-state index in [0.29, 0.717) is 54.5 Å². The van der Waals surface area contributed by atoms with Gasteiger partial charge in [0.1, 0.15) is 11.5 Å². The van der Waals surface area contributed by atoms with Crippen LogP contribution in [0.4, 0.5) is 0 Å². The molecule has 2 atom stereocenters. The summed E-state index contributed by atoms with van der Waals surface area (Å²) in [7, 11) is -3.78. The Morgan fingerprint density at radius 2 is 0.629 bits per heavy atom. The molecule has 0 aromatic heterocycles. The lowest BCUT2D eigenvalue weighted by Gasteiger charge is -2.28. The number of benzene rings is 8. The second-order valence-corrected chi connectivity index (χ2v) is 20.8. The normalized spacial score (nSPS) is 11.9. The van der Waals surface area contributed by atoms with Gasteiger partial charge >= 0.3 is 23.9 Å². The lowest BCUT2D eigenvalue weighted by Crippen LogP contribution is -2.45. The van der Waals surface area contributed by atoms with Crippen LogP contribution in [0.5, 0.6) is 11.5 Å². The minimum Gasteiger partial charge on any atom is -0.496 e. The van der Waals surface area contributed by atoms with Crippen LogP contribution in [-0.2, 0) is 28.2 Å². The van der Waals surface area contributed by atoms with Gasteiger partial charge in [0, 0.05) is 43.0 Å². The van der Waals surface area contributed by atoms with Crippen molar-refractivity contribution in [3.8, 4) is 22.6 Å². The molecule has 0 aliphatic heterocycles. The van der Waals surface area contributed by atoms with Crippen molar-refractivity contribution in [2.75, 3.05) is 14.2 Å². The van der Waals surface area contributed by atoms with Gasteiger partial charge in [0.15, 0.2) is 14.3 Å². The Bertz CT molecular complexity index is 2870. The van der Waals surface area contributed by atoms with Gasteiger partial charge in [0.25, 0.3) is 0 Å². The minimum atomic E-state index is -3.49. The molecular formula is C56H46O12P2. The molecule has 12 nitrogen and oxygen atoms in total. The highest BCUT2D eigenvalue weighted by Gasteiger charge is 2.42. The minimum absolute atomic E-state index is 0.0253. The number of ether oxygens (including phenoxy) is 4. The summed E-state index contributed by atoms with van der Waals surface area (Å²) in [6, 6.07) is 64.1. The molecule has 0 aliphatic rings. The van der Waals surface area contributed by atoms with Gasteiger partial charge in [-0.2, -0.15) is 0 Å². The van der Waals surface area contributed by atoms with Crippen molar-refractivity contribution in [3.63, 3.8) is 0 Å². The van der Waals surface area contributed by atoms with Gasteiger partial charge in [-0.3, -0.25) is 0 Å². The lowest BCUT2D eigenvalue weighted by atomic mass is 10.0. The van der Waals surface area contributed by atoms with Crippen LogP contribution in [0.25, 0.3) is 11.1 Å². The van der Waals surface area contributed by atoms with E-state index in [2.05, 4.69) is 0 Å².